The lowest BCUT2D eigenvalue weighted by Gasteiger charge is -2.32. The van der Waals surface area contributed by atoms with Crippen LogP contribution in [0.25, 0.3) is 11.5 Å². The molecule has 1 aromatic heterocycles. The first kappa shape index (κ1) is 14.6. The maximum absolute atomic E-state index is 5.83. The molecule has 0 saturated heterocycles. The van der Waals surface area contributed by atoms with Gasteiger partial charge in [0, 0.05) is 16.1 Å². The van der Waals surface area contributed by atoms with Crippen molar-refractivity contribution in [3.63, 3.8) is 0 Å². The molecule has 0 radical (unpaired) electrons. The van der Waals surface area contributed by atoms with E-state index in [0.717, 1.165) is 28.7 Å². The highest BCUT2D eigenvalue weighted by Crippen LogP contribution is 2.42. The second-order valence-electron chi connectivity index (χ2n) is 6.64. The lowest BCUT2D eigenvalue weighted by atomic mass is 9.73. The minimum atomic E-state index is 0.412. The Balaban J connectivity index is 1.82. The SMILES string of the molecule is CC1(C)CCC(c2noc(-c3cc(N)ccc3Br)n2)CC1. The fourth-order valence-corrected chi connectivity index (χ4v) is 3.29. The molecule has 1 saturated carbocycles. The van der Waals surface area contributed by atoms with Gasteiger partial charge in [-0.05, 0) is 65.2 Å². The van der Waals surface area contributed by atoms with Crippen LogP contribution >= 0.6 is 15.9 Å². The summed E-state index contributed by atoms with van der Waals surface area (Å²) in [6.45, 7) is 4.66. The zero-order valence-corrected chi connectivity index (χ0v) is 14.0. The molecule has 0 bridgehead atoms. The van der Waals surface area contributed by atoms with Crippen LogP contribution in [0.15, 0.2) is 27.2 Å². The summed E-state index contributed by atoms with van der Waals surface area (Å²) in [5.74, 6) is 1.78. The molecule has 3 rings (SSSR count). The van der Waals surface area contributed by atoms with Crippen LogP contribution in [0.5, 0.6) is 0 Å². The molecule has 5 heteroatoms. The number of aromatic nitrogens is 2. The summed E-state index contributed by atoms with van der Waals surface area (Å²) in [6, 6.07) is 5.59. The van der Waals surface area contributed by atoms with E-state index < -0.39 is 0 Å². The van der Waals surface area contributed by atoms with E-state index in [1.54, 1.807) is 0 Å². The number of hydrogen-bond acceptors (Lipinski definition) is 4. The first-order chi connectivity index (χ1) is 9.94. The Bertz CT molecular complexity index is 641. The summed E-state index contributed by atoms with van der Waals surface area (Å²) in [6.07, 6.45) is 4.68. The van der Waals surface area contributed by atoms with Crippen LogP contribution in [-0.2, 0) is 0 Å². The molecule has 1 aliphatic carbocycles. The van der Waals surface area contributed by atoms with Crippen molar-refractivity contribution < 1.29 is 4.52 Å². The van der Waals surface area contributed by atoms with Gasteiger partial charge in [-0.15, -0.1) is 0 Å². The topological polar surface area (TPSA) is 64.9 Å². The second kappa shape index (κ2) is 5.44. The highest BCUT2D eigenvalue weighted by Gasteiger charge is 2.30. The van der Waals surface area contributed by atoms with Gasteiger partial charge in [-0.1, -0.05) is 19.0 Å². The first-order valence-electron chi connectivity index (χ1n) is 7.34. The van der Waals surface area contributed by atoms with E-state index >= 15 is 0 Å². The highest BCUT2D eigenvalue weighted by molar-refractivity contribution is 9.10. The number of rotatable bonds is 2. The van der Waals surface area contributed by atoms with Crippen LogP contribution in [0.4, 0.5) is 5.69 Å². The van der Waals surface area contributed by atoms with Gasteiger partial charge in [0.15, 0.2) is 5.82 Å². The van der Waals surface area contributed by atoms with Gasteiger partial charge in [0.2, 0.25) is 0 Å². The molecule has 2 N–H and O–H groups in total. The predicted octanol–water partition coefficient (Wildman–Crippen LogP) is 4.77. The van der Waals surface area contributed by atoms with E-state index in [1.165, 1.54) is 12.8 Å². The Morgan fingerprint density at radius 3 is 2.71 bits per heavy atom. The summed E-state index contributed by atoms with van der Waals surface area (Å²) in [7, 11) is 0. The number of nitrogen functional groups attached to an aromatic ring is 1. The van der Waals surface area contributed by atoms with Crippen LogP contribution in [0, 0.1) is 5.41 Å². The molecule has 2 aromatic rings. The third-order valence-corrected chi connectivity index (χ3v) is 5.06. The molecule has 1 fully saturated rings. The zero-order chi connectivity index (χ0) is 15.0. The molecule has 21 heavy (non-hydrogen) atoms. The molecule has 112 valence electrons. The zero-order valence-electron chi connectivity index (χ0n) is 12.4. The van der Waals surface area contributed by atoms with Gasteiger partial charge in [-0.25, -0.2) is 0 Å². The number of nitrogens with two attached hydrogens (primary N) is 1. The van der Waals surface area contributed by atoms with Gasteiger partial charge in [0.05, 0.1) is 5.56 Å². The van der Waals surface area contributed by atoms with Crippen LogP contribution < -0.4 is 5.73 Å². The molecule has 0 atom stereocenters. The van der Waals surface area contributed by atoms with Gasteiger partial charge in [-0.3, -0.25) is 0 Å². The molecular weight excluding hydrogens is 330 g/mol. The third kappa shape index (κ3) is 3.12. The molecule has 4 nitrogen and oxygen atoms in total. The van der Waals surface area contributed by atoms with Crippen LogP contribution in [0.2, 0.25) is 0 Å². The number of nitrogens with zero attached hydrogens (tertiary/aromatic N) is 2. The minimum Gasteiger partial charge on any atom is -0.399 e. The van der Waals surface area contributed by atoms with E-state index in [2.05, 4.69) is 39.9 Å². The Morgan fingerprint density at radius 2 is 2.00 bits per heavy atom. The predicted molar refractivity (Wildman–Crippen MR) is 86.8 cm³/mol. The summed E-state index contributed by atoms with van der Waals surface area (Å²) in [4.78, 5) is 4.59. The average Bonchev–Trinajstić information content (AvgIpc) is 2.91. The smallest absolute Gasteiger partial charge is 0.259 e. The quantitative estimate of drug-likeness (QED) is 0.793. The highest BCUT2D eigenvalue weighted by atomic mass is 79.9. The van der Waals surface area contributed by atoms with Gasteiger partial charge in [-0.2, -0.15) is 4.98 Å². The fourth-order valence-electron chi connectivity index (χ4n) is 2.87. The molecule has 0 spiro atoms. The van der Waals surface area contributed by atoms with Crippen LogP contribution in [0.3, 0.4) is 0 Å². The van der Waals surface area contributed by atoms with E-state index in [9.17, 15) is 0 Å². The van der Waals surface area contributed by atoms with Gasteiger partial charge in [0.1, 0.15) is 0 Å². The lowest BCUT2D eigenvalue weighted by molar-refractivity contribution is 0.218. The van der Waals surface area contributed by atoms with Crippen LogP contribution in [0.1, 0.15) is 51.3 Å². The third-order valence-electron chi connectivity index (χ3n) is 4.37. The Morgan fingerprint density at radius 1 is 1.29 bits per heavy atom. The molecule has 1 aromatic carbocycles. The lowest BCUT2D eigenvalue weighted by Crippen LogP contribution is -2.20. The standard InChI is InChI=1S/C16H20BrN3O/c1-16(2)7-5-10(6-8-16)14-19-15(21-20-14)12-9-11(18)3-4-13(12)17/h3-4,9-10H,5-8,18H2,1-2H3. The Labute approximate surface area is 133 Å². The maximum atomic E-state index is 5.83. The monoisotopic (exact) mass is 349 g/mol. The summed E-state index contributed by atoms with van der Waals surface area (Å²) in [5, 5.41) is 4.19. The van der Waals surface area contributed by atoms with Crippen molar-refractivity contribution in [2.45, 2.75) is 45.4 Å². The van der Waals surface area contributed by atoms with Gasteiger partial charge in [0.25, 0.3) is 5.89 Å². The molecular formula is C16H20BrN3O. The number of hydrogen-bond donors (Lipinski definition) is 1. The number of anilines is 1. The second-order valence-corrected chi connectivity index (χ2v) is 7.49. The fraction of sp³-hybridized carbons (Fsp3) is 0.500. The average molecular weight is 350 g/mol. The maximum Gasteiger partial charge on any atom is 0.259 e. The van der Waals surface area contributed by atoms with Crippen molar-refractivity contribution >= 4 is 21.6 Å². The molecule has 0 amide bonds. The summed E-state index contributed by atoms with van der Waals surface area (Å²) in [5.41, 5.74) is 7.82. The molecule has 0 unspecified atom stereocenters. The van der Waals surface area contributed by atoms with Gasteiger partial charge < -0.3 is 10.3 Å². The van der Waals surface area contributed by atoms with Crippen molar-refractivity contribution in [2.24, 2.45) is 5.41 Å². The van der Waals surface area contributed by atoms with E-state index in [1.807, 2.05) is 18.2 Å². The van der Waals surface area contributed by atoms with Crippen molar-refractivity contribution in [3.05, 3.63) is 28.5 Å². The van der Waals surface area contributed by atoms with Crippen molar-refractivity contribution in [3.8, 4) is 11.5 Å². The molecule has 1 heterocycles. The van der Waals surface area contributed by atoms with Crippen LogP contribution in [-0.4, -0.2) is 10.1 Å². The summed E-state index contributed by atoms with van der Waals surface area (Å²) < 4.78 is 6.36. The first-order valence-corrected chi connectivity index (χ1v) is 8.13. The van der Waals surface area contributed by atoms with E-state index in [0.29, 0.717) is 22.9 Å². The van der Waals surface area contributed by atoms with E-state index in [4.69, 9.17) is 10.3 Å². The van der Waals surface area contributed by atoms with Crippen molar-refractivity contribution in [2.75, 3.05) is 5.73 Å². The minimum absolute atomic E-state index is 0.412. The largest absolute Gasteiger partial charge is 0.399 e. The van der Waals surface area contributed by atoms with Crippen molar-refractivity contribution in [1.29, 1.82) is 0 Å². The van der Waals surface area contributed by atoms with E-state index in [-0.39, 0.29) is 0 Å². The number of benzene rings is 1. The van der Waals surface area contributed by atoms with Gasteiger partial charge >= 0.3 is 0 Å². The Hall–Kier alpha value is -1.36. The Kier molecular flexibility index (Phi) is 3.78. The molecule has 1 aliphatic rings. The van der Waals surface area contributed by atoms with Crippen molar-refractivity contribution in [1.82, 2.24) is 10.1 Å². The molecule has 0 aliphatic heterocycles. The number of halogens is 1. The normalized spacial score (nSPS) is 18.8. The summed E-state index contributed by atoms with van der Waals surface area (Å²) >= 11 is 3.50.